The van der Waals surface area contributed by atoms with E-state index in [1.165, 1.54) is 0 Å². The second kappa shape index (κ2) is 12.5. The van der Waals surface area contributed by atoms with Crippen LogP contribution >= 0.6 is 34.8 Å². The van der Waals surface area contributed by atoms with Crippen molar-refractivity contribution in [1.82, 2.24) is 9.55 Å². The van der Waals surface area contributed by atoms with Gasteiger partial charge >= 0.3 is 0 Å². The van der Waals surface area contributed by atoms with Gasteiger partial charge in [-0.15, -0.1) is 10.1 Å². The number of benzene rings is 3. The van der Waals surface area contributed by atoms with Crippen LogP contribution in [0, 0.1) is 10.1 Å². The van der Waals surface area contributed by atoms with Gasteiger partial charge in [-0.1, -0.05) is 77.3 Å². The molecule has 0 spiro atoms. The van der Waals surface area contributed by atoms with E-state index in [4.69, 9.17) is 64.3 Å². The molecule has 1 N–H and O–H groups in total. The van der Waals surface area contributed by atoms with Crippen molar-refractivity contribution in [2.24, 2.45) is 0 Å². The molecule has 0 radical (unpaired) electrons. The minimum Gasteiger partial charge on any atom is -0.491 e. The topological polar surface area (TPSA) is 109 Å². The summed E-state index contributed by atoms with van der Waals surface area (Å²) in [6.45, 7) is 0.982. The van der Waals surface area contributed by atoms with E-state index in [-0.39, 0.29) is 6.10 Å². The lowest BCUT2D eigenvalue weighted by molar-refractivity contribution is -0.742. The third-order valence-electron chi connectivity index (χ3n) is 5.63. The lowest BCUT2D eigenvalue weighted by Gasteiger charge is -2.30. The van der Waals surface area contributed by atoms with Gasteiger partial charge in [0.2, 0.25) is 5.79 Å². The van der Waals surface area contributed by atoms with E-state index in [1.807, 2.05) is 53.2 Å². The number of ether oxygens (including phenoxy) is 3. The number of halogens is 3. The molecule has 0 bridgehead atoms. The van der Waals surface area contributed by atoms with Crippen LogP contribution in [-0.4, -0.2) is 39.2 Å². The summed E-state index contributed by atoms with van der Waals surface area (Å²) in [4.78, 5) is 12.5. The Labute approximate surface area is 233 Å². The van der Waals surface area contributed by atoms with Gasteiger partial charge in [-0.3, -0.25) is 0 Å². The van der Waals surface area contributed by atoms with Crippen LogP contribution in [0.15, 0.2) is 85.5 Å². The van der Waals surface area contributed by atoms with Gasteiger partial charge in [0.15, 0.2) is 0 Å². The van der Waals surface area contributed by atoms with Crippen LogP contribution in [0.25, 0.3) is 11.1 Å². The number of rotatable bonds is 7. The molecule has 2 unspecified atom stereocenters. The molecule has 1 aliphatic rings. The van der Waals surface area contributed by atoms with E-state index in [9.17, 15) is 0 Å². The van der Waals surface area contributed by atoms with Crippen molar-refractivity contribution >= 4 is 34.8 Å². The van der Waals surface area contributed by atoms with Crippen molar-refractivity contribution in [2.75, 3.05) is 13.2 Å². The summed E-state index contributed by atoms with van der Waals surface area (Å²) in [7, 11) is 0. The molecule has 12 heteroatoms. The second-order valence-corrected chi connectivity index (χ2v) is 9.45. The first-order valence-electron chi connectivity index (χ1n) is 11.3. The quantitative estimate of drug-likeness (QED) is 0.151. The Morgan fingerprint density at radius 2 is 1.71 bits per heavy atom. The first-order valence-corrected chi connectivity index (χ1v) is 12.4. The van der Waals surface area contributed by atoms with E-state index in [1.54, 1.807) is 24.7 Å². The molecule has 5 rings (SSSR count). The highest BCUT2D eigenvalue weighted by atomic mass is 35.5. The van der Waals surface area contributed by atoms with Gasteiger partial charge in [0, 0.05) is 18.0 Å². The van der Waals surface area contributed by atoms with Crippen LogP contribution in [0.2, 0.25) is 15.1 Å². The van der Waals surface area contributed by atoms with Crippen LogP contribution in [0.1, 0.15) is 5.56 Å². The van der Waals surface area contributed by atoms with E-state index >= 15 is 0 Å². The zero-order chi connectivity index (χ0) is 27.1. The molecule has 1 saturated heterocycles. The van der Waals surface area contributed by atoms with Crippen LogP contribution < -0.4 is 4.74 Å². The third kappa shape index (κ3) is 6.94. The lowest BCUT2D eigenvalue weighted by atomic mass is 10.1. The molecule has 38 heavy (non-hydrogen) atoms. The average Bonchev–Trinajstić information content (AvgIpc) is 3.56. The van der Waals surface area contributed by atoms with Gasteiger partial charge in [-0.05, 0) is 35.4 Å². The maximum absolute atomic E-state index is 8.36. The van der Waals surface area contributed by atoms with Crippen molar-refractivity contribution in [3.8, 4) is 16.9 Å². The zero-order valence-corrected chi connectivity index (χ0v) is 22.0. The van der Waals surface area contributed by atoms with Crippen molar-refractivity contribution in [3.63, 3.8) is 0 Å². The number of hydrogen-bond donors (Lipinski definition) is 1. The minimum absolute atomic E-state index is 0.315. The van der Waals surface area contributed by atoms with Crippen LogP contribution in [0.3, 0.4) is 0 Å². The standard InChI is InChI=1S/C26H21Cl3N2O3.HNO3/c27-23-13-25(29)24(28)12-22(23)26(16-31-11-10-30-17-31)33-15-21(34-26)14-32-20-8-6-19(7-9-20)18-4-2-1-3-5-18;2-1(3)4/h1-13,17,21H,14-16H2;(H,2,3,4). The summed E-state index contributed by atoms with van der Waals surface area (Å²) < 4.78 is 20.5. The fourth-order valence-electron chi connectivity index (χ4n) is 3.95. The molecule has 1 aliphatic heterocycles. The predicted octanol–water partition coefficient (Wildman–Crippen LogP) is 6.51. The molecular formula is C26H22Cl3N3O6. The van der Waals surface area contributed by atoms with Gasteiger partial charge in [0.25, 0.3) is 5.09 Å². The Morgan fingerprint density at radius 3 is 2.37 bits per heavy atom. The van der Waals surface area contributed by atoms with E-state index < -0.39 is 10.9 Å². The number of imidazole rings is 1. The minimum atomic E-state index is -1.50. The molecule has 3 aromatic carbocycles. The Morgan fingerprint density at radius 1 is 1.05 bits per heavy atom. The maximum atomic E-state index is 8.36. The normalized spacial score (nSPS) is 18.4. The highest BCUT2D eigenvalue weighted by Crippen LogP contribution is 2.42. The van der Waals surface area contributed by atoms with Gasteiger partial charge in [0.05, 0.1) is 34.5 Å². The summed E-state index contributed by atoms with van der Waals surface area (Å²) in [6.07, 6.45) is 4.90. The molecule has 1 fully saturated rings. The maximum Gasteiger partial charge on any atom is 0.291 e. The van der Waals surface area contributed by atoms with Crippen LogP contribution in [0.5, 0.6) is 5.75 Å². The SMILES string of the molecule is Clc1cc(Cl)c(C2(Cn3ccnc3)OCC(COc3ccc(-c4ccccc4)cc3)O2)cc1Cl.O=[N+]([O-])O. The van der Waals surface area contributed by atoms with Gasteiger partial charge in [-0.25, -0.2) is 4.98 Å². The second-order valence-electron chi connectivity index (χ2n) is 8.22. The van der Waals surface area contributed by atoms with Crippen molar-refractivity contribution in [1.29, 1.82) is 0 Å². The highest BCUT2D eigenvalue weighted by Gasteiger charge is 2.45. The molecule has 2 heterocycles. The summed E-state index contributed by atoms with van der Waals surface area (Å²) in [5.41, 5.74) is 2.89. The smallest absolute Gasteiger partial charge is 0.291 e. The molecule has 1 aromatic heterocycles. The third-order valence-corrected chi connectivity index (χ3v) is 6.66. The molecule has 0 saturated carbocycles. The van der Waals surface area contributed by atoms with Crippen LogP contribution in [-0.2, 0) is 21.8 Å². The fourth-order valence-corrected chi connectivity index (χ4v) is 4.65. The lowest BCUT2D eigenvalue weighted by Crippen LogP contribution is -2.34. The predicted molar refractivity (Wildman–Crippen MR) is 142 cm³/mol. The van der Waals surface area contributed by atoms with E-state index in [2.05, 4.69) is 17.1 Å². The van der Waals surface area contributed by atoms with Crippen molar-refractivity contribution < 1.29 is 24.5 Å². The van der Waals surface area contributed by atoms with Gasteiger partial charge in [-0.2, -0.15) is 0 Å². The Balaban J connectivity index is 0.000000786. The Kier molecular flexibility index (Phi) is 9.09. The highest BCUT2D eigenvalue weighted by molar-refractivity contribution is 6.43. The molecule has 9 nitrogen and oxygen atoms in total. The Hall–Kier alpha value is -3.34. The molecule has 2 atom stereocenters. The summed E-state index contributed by atoms with van der Waals surface area (Å²) in [5, 5.41) is 14.8. The largest absolute Gasteiger partial charge is 0.491 e. The first kappa shape index (κ1) is 27.7. The summed E-state index contributed by atoms with van der Waals surface area (Å²) in [5.74, 6) is -0.403. The van der Waals surface area contributed by atoms with E-state index in [0.717, 1.165) is 16.9 Å². The van der Waals surface area contributed by atoms with E-state index in [0.29, 0.717) is 40.4 Å². The first-order chi connectivity index (χ1) is 18.3. The summed E-state index contributed by atoms with van der Waals surface area (Å²) in [6, 6.07) is 21.5. The molecule has 0 aliphatic carbocycles. The number of aromatic nitrogens is 2. The molecule has 198 valence electrons. The molecule has 0 amide bonds. The fraction of sp³-hybridized carbons (Fsp3) is 0.192. The summed E-state index contributed by atoms with van der Waals surface area (Å²) >= 11 is 19.0. The Bertz CT molecular complexity index is 1350. The molecular weight excluding hydrogens is 557 g/mol. The van der Waals surface area contributed by atoms with Crippen molar-refractivity contribution in [3.05, 3.63) is 116 Å². The van der Waals surface area contributed by atoms with Gasteiger partial charge < -0.3 is 24.0 Å². The van der Waals surface area contributed by atoms with Crippen LogP contribution in [0.4, 0.5) is 0 Å². The van der Waals surface area contributed by atoms with Gasteiger partial charge in [0.1, 0.15) is 18.5 Å². The van der Waals surface area contributed by atoms with Crippen molar-refractivity contribution in [2.45, 2.75) is 18.4 Å². The number of hydrogen-bond acceptors (Lipinski definition) is 6. The monoisotopic (exact) mass is 577 g/mol. The number of nitrogens with zero attached hydrogens (tertiary/aromatic N) is 3. The average molecular weight is 579 g/mol. The molecule has 4 aromatic rings. The zero-order valence-electron chi connectivity index (χ0n) is 19.7.